The van der Waals surface area contributed by atoms with Gasteiger partial charge in [0.1, 0.15) is 5.69 Å². The van der Waals surface area contributed by atoms with Gasteiger partial charge in [-0.05, 0) is 36.6 Å². The zero-order chi connectivity index (χ0) is 10.1. The van der Waals surface area contributed by atoms with E-state index in [4.69, 9.17) is 16.1 Å². The Hall–Kier alpha value is -1.28. The molecular formula is C11H10ClNO. The average molecular weight is 208 g/mol. The second kappa shape index (κ2) is 3.46. The molecule has 2 aromatic rings. The van der Waals surface area contributed by atoms with Gasteiger partial charge in [0.15, 0.2) is 0 Å². The highest BCUT2D eigenvalue weighted by Crippen LogP contribution is 2.27. The van der Waals surface area contributed by atoms with Crippen LogP contribution < -0.4 is 0 Å². The first kappa shape index (κ1) is 9.28. The Morgan fingerprint density at radius 3 is 2.36 bits per heavy atom. The number of halogens is 1. The lowest BCUT2D eigenvalue weighted by molar-refractivity contribution is 0.424. The van der Waals surface area contributed by atoms with E-state index >= 15 is 0 Å². The van der Waals surface area contributed by atoms with Gasteiger partial charge in [-0.1, -0.05) is 23.4 Å². The maximum absolute atomic E-state index is 5.69. The summed E-state index contributed by atoms with van der Waals surface area (Å²) in [6.07, 6.45) is 0. The molecule has 3 heteroatoms. The van der Waals surface area contributed by atoms with Crippen molar-refractivity contribution in [3.05, 3.63) is 40.6 Å². The number of nitrogens with zero attached hydrogens (tertiary/aromatic N) is 1. The molecule has 0 amide bonds. The molecule has 0 aliphatic rings. The molecule has 0 spiro atoms. The Labute approximate surface area is 87.5 Å². The second-order valence-electron chi connectivity index (χ2n) is 3.28. The smallest absolute Gasteiger partial charge is 0.226 e. The Bertz CT molecular complexity index is 442. The Morgan fingerprint density at radius 2 is 1.86 bits per heavy atom. The molecule has 2 nitrogen and oxygen atoms in total. The van der Waals surface area contributed by atoms with Gasteiger partial charge >= 0.3 is 0 Å². The molecule has 0 atom stereocenters. The fraction of sp³-hybridized carbons (Fsp3) is 0.182. The molecule has 2 rings (SSSR count). The van der Waals surface area contributed by atoms with Crippen molar-refractivity contribution in [1.82, 2.24) is 5.16 Å². The van der Waals surface area contributed by atoms with E-state index in [9.17, 15) is 0 Å². The molecule has 0 aliphatic carbocycles. The lowest BCUT2D eigenvalue weighted by Crippen LogP contribution is -1.86. The van der Waals surface area contributed by atoms with Crippen LogP contribution in [0, 0.1) is 13.8 Å². The SMILES string of the molecule is Cc1cccc(C)c1-c1cc(Cl)on1. The van der Waals surface area contributed by atoms with Gasteiger partial charge in [0.05, 0.1) is 0 Å². The van der Waals surface area contributed by atoms with E-state index in [1.807, 2.05) is 32.0 Å². The molecule has 0 fully saturated rings. The quantitative estimate of drug-likeness (QED) is 0.714. The van der Waals surface area contributed by atoms with Crippen molar-refractivity contribution in [2.75, 3.05) is 0 Å². The topological polar surface area (TPSA) is 26.0 Å². The maximum atomic E-state index is 5.69. The molecule has 0 radical (unpaired) electrons. The third kappa shape index (κ3) is 1.53. The predicted molar refractivity (Wildman–Crippen MR) is 56.4 cm³/mol. The molecule has 1 aromatic heterocycles. The highest BCUT2D eigenvalue weighted by molar-refractivity contribution is 6.29. The van der Waals surface area contributed by atoms with E-state index in [0.717, 1.165) is 11.3 Å². The average Bonchev–Trinajstić information content (AvgIpc) is 2.51. The summed E-state index contributed by atoms with van der Waals surface area (Å²) < 4.78 is 4.84. The maximum Gasteiger partial charge on any atom is 0.226 e. The fourth-order valence-corrected chi connectivity index (χ4v) is 1.73. The molecule has 0 N–H and O–H groups in total. The Balaban J connectivity index is 2.61. The largest absolute Gasteiger partial charge is 0.344 e. The second-order valence-corrected chi connectivity index (χ2v) is 3.66. The molecule has 14 heavy (non-hydrogen) atoms. The minimum atomic E-state index is 0.322. The molecule has 0 bridgehead atoms. The highest BCUT2D eigenvalue weighted by atomic mass is 35.5. The van der Waals surface area contributed by atoms with Crippen LogP contribution in [0.25, 0.3) is 11.3 Å². The zero-order valence-corrected chi connectivity index (χ0v) is 8.80. The van der Waals surface area contributed by atoms with Gasteiger partial charge < -0.3 is 4.52 Å². The van der Waals surface area contributed by atoms with Crippen LogP contribution in [0.3, 0.4) is 0 Å². The van der Waals surface area contributed by atoms with Crippen LogP contribution in [-0.2, 0) is 0 Å². The van der Waals surface area contributed by atoms with Crippen LogP contribution in [0.4, 0.5) is 0 Å². The Kier molecular flexibility index (Phi) is 2.30. The summed E-state index contributed by atoms with van der Waals surface area (Å²) in [6.45, 7) is 4.09. The van der Waals surface area contributed by atoms with Crippen molar-refractivity contribution in [3.8, 4) is 11.3 Å². The molecule has 0 saturated heterocycles. The third-order valence-corrected chi connectivity index (χ3v) is 2.40. The van der Waals surface area contributed by atoms with Gasteiger partial charge in [-0.15, -0.1) is 0 Å². The van der Waals surface area contributed by atoms with Crippen LogP contribution in [0.15, 0.2) is 28.8 Å². The van der Waals surface area contributed by atoms with Gasteiger partial charge in [0.2, 0.25) is 5.22 Å². The van der Waals surface area contributed by atoms with Gasteiger partial charge in [0, 0.05) is 11.6 Å². The third-order valence-electron chi connectivity index (χ3n) is 2.22. The van der Waals surface area contributed by atoms with Gasteiger partial charge in [-0.3, -0.25) is 0 Å². The molecule has 0 saturated carbocycles. The molecule has 1 aromatic carbocycles. The van der Waals surface area contributed by atoms with Crippen LogP contribution >= 0.6 is 11.6 Å². The molecule has 72 valence electrons. The van der Waals surface area contributed by atoms with E-state index in [-0.39, 0.29) is 0 Å². The molecule has 0 unspecified atom stereocenters. The summed E-state index contributed by atoms with van der Waals surface area (Å²) in [7, 11) is 0. The predicted octanol–water partition coefficient (Wildman–Crippen LogP) is 3.61. The number of aryl methyl sites for hydroxylation is 2. The fourth-order valence-electron chi connectivity index (χ4n) is 1.59. The summed E-state index contributed by atoms with van der Waals surface area (Å²) >= 11 is 5.69. The summed E-state index contributed by atoms with van der Waals surface area (Å²) in [5.74, 6) is 0. The summed E-state index contributed by atoms with van der Waals surface area (Å²) in [6, 6.07) is 7.85. The normalized spacial score (nSPS) is 10.5. The Morgan fingerprint density at radius 1 is 1.21 bits per heavy atom. The number of rotatable bonds is 1. The van der Waals surface area contributed by atoms with E-state index < -0.39 is 0 Å². The van der Waals surface area contributed by atoms with Crippen molar-refractivity contribution in [2.45, 2.75) is 13.8 Å². The van der Waals surface area contributed by atoms with Crippen molar-refractivity contribution in [3.63, 3.8) is 0 Å². The number of hydrogen-bond donors (Lipinski definition) is 0. The van der Waals surface area contributed by atoms with E-state index in [1.54, 1.807) is 6.07 Å². The summed E-state index contributed by atoms with van der Waals surface area (Å²) in [4.78, 5) is 0. The first-order valence-electron chi connectivity index (χ1n) is 4.37. The van der Waals surface area contributed by atoms with Crippen LogP contribution in [-0.4, -0.2) is 5.16 Å². The van der Waals surface area contributed by atoms with Crippen molar-refractivity contribution >= 4 is 11.6 Å². The van der Waals surface area contributed by atoms with E-state index in [1.165, 1.54) is 11.1 Å². The molecular weight excluding hydrogens is 198 g/mol. The highest BCUT2D eigenvalue weighted by Gasteiger charge is 2.09. The van der Waals surface area contributed by atoms with Crippen LogP contribution in [0.1, 0.15) is 11.1 Å². The van der Waals surface area contributed by atoms with Crippen molar-refractivity contribution in [1.29, 1.82) is 0 Å². The minimum absolute atomic E-state index is 0.322. The molecule has 1 heterocycles. The van der Waals surface area contributed by atoms with Gasteiger partial charge in [0.25, 0.3) is 0 Å². The monoisotopic (exact) mass is 207 g/mol. The molecule has 0 aliphatic heterocycles. The first-order chi connectivity index (χ1) is 6.68. The first-order valence-corrected chi connectivity index (χ1v) is 4.75. The lowest BCUT2D eigenvalue weighted by atomic mass is 10.0. The van der Waals surface area contributed by atoms with Gasteiger partial charge in [-0.2, -0.15) is 0 Å². The lowest BCUT2D eigenvalue weighted by Gasteiger charge is -2.04. The van der Waals surface area contributed by atoms with Crippen molar-refractivity contribution < 1.29 is 4.52 Å². The number of aromatic nitrogens is 1. The standard InChI is InChI=1S/C11H10ClNO/c1-7-4-3-5-8(2)11(7)9-6-10(12)14-13-9/h3-6H,1-2H3. The summed E-state index contributed by atoms with van der Waals surface area (Å²) in [5, 5.41) is 4.22. The van der Waals surface area contributed by atoms with Crippen LogP contribution in [0.2, 0.25) is 5.22 Å². The van der Waals surface area contributed by atoms with Gasteiger partial charge in [-0.25, -0.2) is 0 Å². The minimum Gasteiger partial charge on any atom is -0.344 e. The van der Waals surface area contributed by atoms with Crippen LogP contribution in [0.5, 0.6) is 0 Å². The van der Waals surface area contributed by atoms with Crippen molar-refractivity contribution in [2.24, 2.45) is 0 Å². The van der Waals surface area contributed by atoms with E-state index in [2.05, 4.69) is 5.16 Å². The van der Waals surface area contributed by atoms with E-state index in [0.29, 0.717) is 5.22 Å². The summed E-state index contributed by atoms with van der Waals surface area (Å²) in [5.41, 5.74) is 4.25. The zero-order valence-electron chi connectivity index (χ0n) is 8.04. The number of benzene rings is 1. The number of hydrogen-bond acceptors (Lipinski definition) is 2.